The fourth-order valence-electron chi connectivity index (χ4n) is 1.94. The van der Waals surface area contributed by atoms with Crippen LogP contribution in [0.5, 0.6) is 0 Å². The van der Waals surface area contributed by atoms with E-state index in [0.29, 0.717) is 5.56 Å². The summed E-state index contributed by atoms with van der Waals surface area (Å²) in [5.74, 6) is -2.61. The van der Waals surface area contributed by atoms with Gasteiger partial charge >= 0.3 is 11.9 Å². The second-order valence-electron chi connectivity index (χ2n) is 4.59. The Bertz CT molecular complexity index is 759. The number of hydrogen-bond donors (Lipinski definition) is 0. The van der Waals surface area contributed by atoms with Crippen LogP contribution in [0.3, 0.4) is 0 Å². The Morgan fingerprint density at radius 3 is 2.29 bits per heavy atom. The molecule has 0 saturated carbocycles. The Morgan fingerprint density at radius 1 is 1.00 bits per heavy atom. The fraction of sp³-hybridized carbons (Fsp3) is 0.235. The molecule has 0 fully saturated rings. The van der Waals surface area contributed by atoms with Crippen molar-refractivity contribution in [2.24, 2.45) is 0 Å². The third-order valence-electron chi connectivity index (χ3n) is 2.99. The van der Waals surface area contributed by atoms with Gasteiger partial charge in [-0.15, -0.1) is 0 Å². The maximum atomic E-state index is 12.1. The highest BCUT2D eigenvalue weighted by atomic mass is 16.5. The molecule has 0 N–H and O–H groups in total. The van der Waals surface area contributed by atoms with E-state index in [-0.39, 0.29) is 30.3 Å². The van der Waals surface area contributed by atoms with Gasteiger partial charge in [0.2, 0.25) is 0 Å². The fourth-order valence-corrected chi connectivity index (χ4v) is 1.94. The molecule has 0 amide bonds. The summed E-state index contributed by atoms with van der Waals surface area (Å²) >= 11 is 0. The third kappa shape index (κ3) is 3.81. The van der Waals surface area contributed by atoms with Crippen molar-refractivity contribution < 1.29 is 23.9 Å². The summed E-state index contributed by atoms with van der Waals surface area (Å²) in [5, 5.41) is 0. The zero-order valence-corrected chi connectivity index (χ0v) is 13.3. The molecule has 7 nitrogen and oxygen atoms in total. The molecule has 0 radical (unpaired) electrons. The predicted molar refractivity (Wildman–Crippen MR) is 84.4 cm³/mol. The Hall–Kier alpha value is -3.09. The molecule has 0 aliphatic heterocycles. The SMILES string of the molecule is CCOC(=O)C(=O)c1cnc(-c2ccccc2)nc1C(=O)OCC. The van der Waals surface area contributed by atoms with E-state index in [1.807, 2.05) is 6.07 Å². The van der Waals surface area contributed by atoms with Crippen LogP contribution in [0.25, 0.3) is 11.4 Å². The van der Waals surface area contributed by atoms with Crippen LogP contribution in [0.2, 0.25) is 0 Å². The minimum absolute atomic E-state index is 0.0439. The number of aromatic nitrogens is 2. The molecule has 124 valence electrons. The van der Waals surface area contributed by atoms with E-state index in [1.54, 1.807) is 38.1 Å². The Kier molecular flexibility index (Phi) is 5.73. The highest BCUT2D eigenvalue weighted by Crippen LogP contribution is 2.17. The number of ether oxygens (including phenoxy) is 2. The summed E-state index contributed by atoms with van der Waals surface area (Å²) in [6, 6.07) is 8.93. The van der Waals surface area contributed by atoms with Crippen molar-refractivity contribution in [3.63, 3.8) is 0 Å². The average molecular weight is 328 g/mol. The van der Waals surface area contributed by atoms with E-state index in [1.165, 1.54) is 0 Å². The molecule has 0 spiro atoms. The van der Waals surface area contributed by atoms with Crippen molar-refractivity contribution in [1.82, 2.24) is 9.97 Å². The van der Waals surface area contributed by atoms with Gasteiger partial charge in [0.25, 0.3) is 5.78 Å². The van der Waals surface area contributed by atoms with Crippen molar-refractivity contribution in [2.45, 2.75) is 13.8 Å². The maximum absolute atomic E-state index is 12.1. The molecule has 1 aromatic carbocycles. The van der Waals surface area contributed by atoms with E-state index in [4.69, 9.17) is 4.74 Å². The molecule has 1 heterocycles. The Morgan fingerprint density at radius 2 is 1.67 bits per heavy atom. The number of carbonyl (C=O) groups is 3. The monoisotopic (exact) mass is 328 g/mol. The van der Waals surface area contributed by atoms with Crippen LogP contribution in [0, 0.1) is 0 Å². The second-order valence-corrected chi connectivity index (χ2v) is 4.59. The van der Waals surface area contributed by atoms with Crippen molar-refractivity contribution in [2.75, 3.05) is 13.2 Å². The van der Waals surface area contributed by atoms with Crippen molar-refractivity contribution in [3.05, 3.63) is 47.8 Å². The molecule has 0 bridgehead atoms. The van der Waals surface area contributed by atoms with Gasteiger partial charge in [0.15, 0.2) is 11.5 Å². The molecule has 24 heavy (non-hydrogen) atoms. The van der Waals surface area contributed by atoms with Crippen LogP contribution in [-0.2, 0) is 14.3 Å². The number of hydrogen-bond acceptors (Lipinski definition) is 7. The molecule has 0 saturated heterocycles. The molecule has 0 unspecified atom stereocenters. The van der Waals surface area contributed by atoms with Gasteiger partial charge in [0.05, 0.1) is 18.8 Å². The number of benzene rings is 1. The van der Waals surface area contributed by atoms with Gasteiger partial charge in [0.1, 0.15) is 0 Å². The predicted octanol–water partition coefficient (Wildman–Crippen LogP) is 2.07. The van der Waals surface area contributed by atoms with Crippen molar-refractivity contribution in [1.29, 1.82) is 0 Å². The third-order valence-corrected chi connectivity index (χ3v) is 2.99. The van der Waals surface area contributed by atoms with Gasteiger partial charge < -0.3 is 9.47 Å². The van der Waals surface area contributed by atoms with Gasteiger partial charge in [-0.3, -0.25) is 4.79 Å². The van der Waals surface area contributed by atoms with Crippen molar-refractivity contribution >= 4 is 17.7 Å². The first-order valence-corrected chi connectivity index (χ1v) is 7.39. The van der Waals surface area contributed by atoms with Crippen LogP contribution in [-0.4, -0.2) is 40.9 Å². The standard InChI is InChI=1S/C17H16N2O5/c1-3-23-16(21)13-12(14(20)17(22)24-4-2)10-18-15(19-13)11-8-6-5-7-9-11/h5-10H,3-4H2,1-2H3. The summed E-state index contributed by atoms with van der Waals surface area (Å²) in [7, 11) is 0. The average Bonchev–Trinajstić information content (AvgIpc) is 2.61. The maximum Gasteiger partial charge on any atom is 0.379 e. The zero-order chi connectivity index (χ0) is 17.5. The summed E-state index contributed by atoms with van der Waals surface area (Å²) in [6.07, 6.45) is 1.14. The van der Waals surface area contributed by atoms with Crippen LogP contribution < -0.4 is 0 Å². The lowest BCUT2D eigenvalue weighted by Gasteiger charge is -2.08. The van der Waals surface area contributed by atoms with E-state index < -0.39 is 17.7 Å². The largest absolute Gasteiger partial charge is 0.461 e. The number of rotatable bonds is 6. The molecule has 1 aromatic heterocycles. The van der Waals surface area contributed by atoms with E-state index in [0.717, 1.165) is 6.20 Å². The minimum Gasteiger partial charge on any atom is -0.461 e. The van der Waals surface area contributed by atoms with Gasteiger partial charge in [-0.05, 0) is 13.8 Å². The zero-order valence-electron chi connectivity index (χ0n) is 13.3. The number of nitrogens with zero attached hydrogens (tertiary/aromatic N) is 2. The Balaban J connectivity index is 2.49. The molecule has 0 aliphatic rings. The van der Waals surface area contributed by atoms with Gasteiger partial charge in [0, 0.05) is 11.8 Å². The molecule has 7 heteroatoms. The number of Topliss-reactive ketones (excluding diaryl/α,β-unsaturated/α-hetero) is 1. The molecular formula is C17H16N2O5. The second kappa shape index (κ2) is 7.96. The highest BCUT2D eigenvalue weighted by molar-refractivity contribution is 6.41. The lowest BCUT2D eigenvalue weighted by molar-refractivity contribution is -0.137. The molecule has 2 aromatic rings. The molecule has 2 rings (SSSR count). The first-order valence-electron chi connectivity index (χ1n) is 7.39. The van der Waals surface area contributed by atoms with Crippen LogP contribution in [0.4, 0.5) is 0 Å². The first-order chi connectivity index (χ1) is 11.6. The molecule has 0 aliphatic carbocycles. The topological polar surface area (TPSA) is 95.5 Å². The molecular weight excluding hydrogens is 312 g/mol. The quantitative estimate of drug-likeness (QED) is 0.455. The van der Waals surface area contributed by atoms with E-state index >= 15 is 0 Å². The summed E-state index contributed by atoms with van der Waals surface area (Å²) in [5.41, 5.74) is 0.161. The number of esters is 2. The van der Waals surface area contributed by atoms with Crippen LogP contribution >= 0.6 is 0 Å². The molecule has 0 atom stereocenters. The van der Waals surface area contributed by atoms with Crippen LogP contribution in [0.15, 0.2) is 36.5 Å². The van der Waals surface area contributed by atoms with Crippen LogP contribution in [0.1, 0.15) is 34.7 Å². The van der Waals surface area contributed by atoms with E-state index in [9.17, 15) is 14.4 Å². The first kappa shape index (κ1) is 17.3. The van der Waals surface area contributed by atoms with E-state index in [2.05, 4.69) is 14.7 Å². The lowest BCUT2D eigenvalue weighted by atomic mass is 10.1. The van der Waals surface area contributed by atoms with Gasteiger partial charge in [-0.1, -0.05) is 30.3 Å². The van der Waals surface area contributed by atoms with Gasteiger partial charge in [-0.25, -0.2) is 19.6 Å². The summed E-state index contributed by atoms with van der Waals surface area (Å²) in [6.45, 7) is 3.36. The smallest absolute Gasteiger partial charge is 0.379 e. The minimum atomic E-state index is -1.07. The lowest BCUT2D eigenvalue weighted by Crippen LogP contribution is -2.23. The number of ketones is 1. The number of carbonyl (C=O) groups excluding carboxylic acids is 3. The normalized spacial score (nSPS) is 10.1. The summed E-state index contributed by atoms with van der Waals surface area (Å²) < 4.78 is 9.59. The summed E-state index contributed by atoms with van der Waals surface area (Å²) in [4.78, 5) is 44.1. The highest BCUT2D eigenvalue weighted by Gasteiger charge is 2.27. The van der Waals surface area contributed by atoms with Gasteiger partial charge in [-0.2, -0.15) is 0 Å². The van der Waals surface area contributed by atoms with Crippen molar-refractivity contribution in [3.8, 4) is 11.4 Å². The Labute approximate surface area is 138 Å².